The highest BCUT2D eigenvalue weighted by Gasteiger charge is 2.50. The first-order valence-electron chi connectivity index (χ1n) is 7.26. The average molecular weight is 385 g/mol. The zero-order chi connectivity index (χ0) is 18.4. The van der Waals surface area contributed by atoms with Crippen LogP contribution in [0.3, 0.4) is 0 Å². The lowest BCUT2D eigenvalue weighted by Gasteiger charge is -2.23. The number of benzene rings is 2. The molecule has 1 aliphatic heterocycles. The first kappa shape index (κ1) is 17.6. The summed E-state index contributed by atoms with van der Waals surface area (Å²) >= 11 is 11.9. The Morgan fingerprint density at radius 1 is 1.12 bits per heavy atom. The van der Waals surface area contributed by atoms with E-state index >= 15 is 0 Å². The van der Waals surface area contributed by atoms with Crippen LogP contribution in [0.5, 0.6) is 0 Å². The van der Waals surface area contributed by atoms with Gasteiger partial charge < -0.3 is 5.32 Å². The van der Waals surface area contributed by atoms with E-state index in [9.17, 15) is 18.4 Å². The van der Waals surface area contributed by atoms with Gasteiger partial charge in [0.2, 0.25) is 0 Å². The maximum atomic E-state index is 14.1. The second-order valence-electron chi connectivity index (χ2n) is 5.81. The fourth-order valence-corrected chi connectivity index (χ4v) is 3.19. The Labute approximate surface area is 152 Å². The Morgan fingerprint density at radius 3 is 2.52 bits per heavy atom. The van der Waals surface area contributed by atoms with Gasteiger partial charge in [0, 0.05) is 15.6 Å². The van der Waals surface area contributed by atoms with Crippen LogP contribution in [0, 0.1) is 11.6 Å². The molecule has 0 unspecified atom stereocenters. The summed E-state index contributed by atoms with van der Waals surface area (Å²) in [5, 5.41) is 3.13. The number of urea groups is 1. The lowest BCUT2D eigenvalue weighted by atomic mass is 9.91. The molecule has 0 saturated carbocycles. The molecule has 2 aromatic carbocycles. The van der Waals surface area contributed by atoms with Crippen molar-refractivity contribution >= 4 is 35.1 Å². The Balaban J connectivity index is 1.95. The molecule has 0 aromatic heterocycles. The zero-order valence-electron chi connectivity index (χ0n) is 12.9. The van der Waals surface area contributed by atoms with Gasteiger partial charge in [0.1, 0.15) is 17.2 Å². The smallest absolute Gasteiger partial charge is 0.319 e. The van der Waals surface area contributed by atoms with Crippen molar-refractivity contribution < 1.29 is 18.4 Å². The zero-order valence-corrected chi connectivity index (χ0v) is 14.5. The fraction of sp³-hybridized carbons (Fsp3) is 0.176. The quantitative estimate of drug-likeness (QED) is 0.804. The van der Waals surface area contributed by atoms with E-state index in [0.717, 1.165) is 23.1 Å². The SMILES string of the molecule is C[C@@]1(c2cc(F)ccc2F)NC(=O)N(Cc2ccc(Cl)cc2Cl)C1=O. The highest BCUT2D eigenvalue weighted by molar-refractivity contribution is 6.35. The summed E-state index contributed by atoms with van der Waals surface area (Å²) in [4.78, 5) is 25.9. The van der Waals surface area contributed by atoms with E-state index < -0.39 is 29.1 Å². The van der Waals surface area contributed by atoms with E-state index in [1.165, 1.54) is 13.0 Å². The summed E-state index contributed by atoms with van der Waals surface area (Å²) in [6.07, 6.45) is 0. The predicted octanol–water partition coefficient (Wildman–Crippen LogP) is 4.24. The number of nitrogens with zero attached hydrogens (tertiary/aromatic N) is 1. The number of hydrogen-bond acceptors (Lipinski definition) is 2. The fourth-order valence-electron chi connectivity index (χ4n) is 2.72. The molecule has 3 amide bonds. The summed E-state index contributed by atoms with van der Waals surface area (Å²) in [6.45, 7) is 1.21. The Hall–Kier alpha value is -2.18. The van der Waals surface area contributed by atoms with Crippen molar-refractivity contribution in [2.24, 2.45) is 0 Å². The number of halogens is 4. The van der Waals surface area contributed by atoms with Crippen LogP contribution >= 0.6 is 23.2 Å². The van der Waals surface area contributed by atoms with E-state index in [4.69, 9.17) is 23.2 Å². The summed E-state index contributed by atoms with van der Waals surface area (Å²) in [6, 6.07) is 6.68. The number of hydrogen-bond donors (Lipinski definition) is 1. The highest BCUT2D eigenvalue weighted by atomic mass is 35.5. The van der Waals surface area contributed by atoms with Crippen LogP contribution in [0.15, 0.2) is 36.4 Å². The number of imide groups is 1. The monoisotopic (exact) mass is 384 g/mol. The van der Waals surface area contributed by atoms with Crippen LogP contribution < -0.4 is 5.32 Å². The molecule has 0 spiro atoms. The van der Waals surface area contributed by atoms with E-state index in [1.807, 2.05) is 0 Å². The van der Waals surface area contributed by atoms with Crippen LogP contribution in [0.1, 0.15) is 18.1 Å². The van der Waals surface area contributed by atoms with Gasteiger partial charge in [-0.05, 0) is 42.8 Å². The number of carbonyl (C=O) groups excluding carboxylic acids is 2. The highest BCUT2D eigenvalue weighted by Crippen LogP contribution is 2.33. The summed E-state index contributed by atoms with van der Waals surface area (Å²) < 4.78 is 27.6. The second-order valence-corrected chi connectivity index (χ2v) is 6.65. The molecule has 1 heterocycles. The first-order chi connectivity index (χ1) is 11.7. The number of nitrogens with one attached hydrogen (secondary N) is 1. The molecule has 2 aromatic rings. The third kappa shape index (κ3) is 3.07. The minimum absolute atomic E-state index is 0.118. The van der Waals surface area contributed by atoms with Gasteiger partial charge in [0.25, 0.3) is 5.91 Å². The van der Waals surface area contributed by atoms with Crippen LogP contribution in [0.4, 0.5) is 13.6 Å². The molecule has 4 nitrogen and oxygen atoms in total. The predicted molar refractivity (Wildman–Crippen MR) is 89.3 cm³/mol. The standard InChI is InChI=1S/C17H12Cl2F2N2O2/c1-17(12-7-11(20)4-5-14(12)21)15(24)23(16(25)22-17)8-9-2-3-10(18)6-13(9)19/h2-7H,8H2,1H3,(H,22,25)/t17-/m0/s1. The van der Waals surface area contributed by atoms with Crippen LogP contribution in [0.25, 0.3) is 0 Å². The maximum absolute atomic E-state index is 14.1. The molecule has 130 valence electrons. The first-order valence-corrected chi connectivity index (χ1v) is 8.01. The van der Waals surface area contributed by atoms with Crippen LogP contribution in [-0.2, 0) is 16.9 Å². The van der Waals surface area contributed by atoms with Gasteiger partial charge in [-0.15, -0.1) is 0 Å². The summed E-state index contributed by atoms with van der Waals surface area (Å²) in [5.74, 6) is -2.20. The van der Waals surface area contributed by atoms with E-state index in [-0.39, 0.29) is 12.1 Å². The van der Waals surface area contributed by atoms with Crippen molar-refractivity contribution in [2.75, 3.05) is 0 Å². The van der Waals surface area contributed by atoms with Gasteiger partial charge >= 0.3 is 6.03 Å². The van der Waals surface area contributed by atoms with Crippen LogP contribution in [0.2, 0.25) is 10.0 Å². The largest absolute Gasteiger partial charge is 0.325 e. The molecule has 1 atom stereocenters. The molecule has 1 fully saturated rings. The van der Waals surface area contributed by atoms with Crippen LogP contribution in [-0.4, -0.2) is 16.8 Å². The normalized spacial score (nSPS) is 20.1. The van der Waals surface area contributed by atoms with Crippen molar-refractivity contribution in [1.29, 1.82) is 0 Å². The van der Waals surface area contributed by atoms with Crippen molar-refractivity contribution in [3.63, 3.8) is 0 Å². The molecule has 1 saturated heterocycles. The molecule has 0 radical (unpaired) electrons. The Bertz CT molecular complexity index is 891. The molecule has 25 heavy (non-hydrogen) atoms. The molecular weight excluding hydrogens is 373 g/mol. The number of rotatable bonds is 3. The summed E-state index contributed by atoms with van der Waals surface area (Å²) in [5.41, 5.74) is -1.45. The van der Waals surface area contributed by atoms with Gasteiger partial charge in [-0.25, -0.2) is 13.6 Å². The minimum atomic E-state index is -1.71. The van der Waals surface area contributed by atoms with Gasteiger partial charge in [-0.3, -0.25) is 9.69 Å². The molecule has 8 heteroatoms. The van der Waals surface area contributed by atoms with Crippen molar-refractivity contribution in [2.45, 2.75) is 19.0 Å². The van der Waals surface area contributed by atoms with Gasteiger partial charge in [-0.2, -0.15) is 0 Å². The van der Waals surface area contributed by atoms with Crippen molar-refractivity contribution in [3.05, 3.63) is 69.2 Å². The third-order valence-electron chi connectivity index (χ3n) is 4.09. The van der Waals surface area contributed by atoms with Gasteiger partial charge in [-0.1, -0.05) is 29.3 Å². The molecular formula is C17H12Cl2F2N2O2. The number of carbonyl (C=O) groups is 2. The molecule has 0 bridgehead atoms. The molecule has 3 rings (SSSR count). The molecule has 1 aliphatic rings. The number of amides is 3. The van der Waals surface area contributed by atoms with Crippen molar-refractivity contribution in [3.8, 4) is 0 Å². The lowest BCUT2D eigenvalue weighted by molar-refractivity contribution is -0.131. The third-order valence-corrected chi connectivity index (χ3v) is 4.67. The van der Waals surface area contributed by atoms with Gasteiger partial charge in [0.05, 0.1) is 6.54 Å². The van der Waals surface area contributed by atoms with Gasteiger partial charge in [0.15, 0.2) is 0 Å². The summed E-state index contributed by atoms with van der Waals surface area (Å²) in [7, 11) is 0. The molecule has 1 N–H and O–H groups in total. The maximum Gasteiger partial charge on any atom is 0.325 e. The van der Waals surface area contributed by atoms with E-state index in [0.29, 0.717) is 15.6 Å². The topological polar surface area (TPSA) is 49.4 Å². The van der Waals surface area contributed by atoms with Crippen molar-refractivity contribution in [1.82, 2.24) is 10.2 Å². The average Bonchev–Trinajstić information content (AvgIpc) is 2.76. The Morgan fingerprint density at radius 2 is 1.84 bits per heavy atom. The van der Waals surface area contributed by atoms with E-state index in [2.05, 4.69) is 5.32 Å². The van der Waals surface area contributed by atoms with E-state index in [1.54, 1.807) is 12.1 Å². The minimum Gasteiger partial charge on any atom is -0.319 e. The Kier molecular flexibility index (Phi) is 4.43. The second kappa shape index (κ2) is 6.28. The lowest BCUT2D eigenvalue weighted by Crippen LogP contribution is -2.41. The molecule has 0 aliphatic carbocycles.